The number of aromatic nitrogens is 1. The third-order valence-electron chi connectivity index (χ3n) is 4.26. The highest BCUT2D eigenvalue weighted by Gasteiger charge is 2.42. The van der Waals surface area contributed by atoms with Crippen molar-refractivity contribution in [1.29, 1.82) is 0 Å². The number of sulfone groups is 1. The van der Waals surface area contributed by atoms with Gasteiger partial charge in [-0.05, 0) is 45.6 Å². The van der Waals surface area contributed by atoms with Crippen LogP contribution < -0.4 is 5.32 Å². The molecule has 1 aliphatic carbocycles. The van der Waals surface area contributed by atoms with Crippen LogP contribution in [0.1, 0.15) is 41.3 Å². The molecule has 1 saturated heterocycles. The van der Waals surface area contributed by atoms with Crippen molar-refractivity contribution < 1.29 is 8.42 Å². The Morgan fingerprint density at radius 1 is 1.26 bits per heavy atom. The van der Waals surface area contributed by atoms with Gasteiger partial charge in [-0.15, -0.1) is 11.3 Å². The number of hydrogen-bond acceptors (Lipinski definition) is 5. The smallest absolute Gasteiger partial charge is 0.152 e. The maximum atomic E-state index is 12.0. The van der Waals surface area contributed by atoms with Crippen LogP contribution >= 0.6 is 11.3 Å². The van der Waals surface area contributed by atoms with Gasteiger partial charge in [-0.3, -0.25) is 0 Å². The van der Waals surface area contributed by atoms with Crippen LogP contribution in [0.2, 0.25) is 0 Å². The highest BCUT2D eigenvalue weighted by molar-refractivity contribution is 7.91. The first-order chi connectivity index (χ1) is 9.05. The van der Waals surface area contributed by atoms with E-state index in [1.54, 1.807) is 11.3 Å². The van der Waals surface area contributed by atoms with E-state index in [1.165, 1.54) is 23.4 Å². The average molecular weight is 300 g/mol. The Kier molecular flexibility index (Phi) is 3.43. The van der Waals surface area contributed by atoms with Gasteiger partial charge < -0.3 is 5.32 Å². The summed E-state index contributed by atoms with van der Waals surface area (Å²) < 4.78 is 24.0. The van der Waals surface area contributed by atoms with Crippen LogP contribution in [0.3, 0.4) is 0 Å². The van der Waals surface area contributed by atoms with Crippen LogP contribution in [0.4, 0.5) is 0 Å². The van der Waals surface area contributed by atoms with E-state index in [0.29, 0.717) is 5.75 Å². The lowest BCUT2D eigenvalue weighted by Gasteiger charge is -2.34. The molecule has 1 atom stereocenters. The van der Waals surface area contributed by atoms with Gasteiger partial charge in [-0.2, -0.15) is 0 Å². The predicted molar refractivity (Wildman–Crippen MR) is 77.4 cm³/mol. The number of thiazole rings is 1. The molecule has 2 heterocycles. The number of rotatable bonds is 2. The lowest BCUT2D eigenvalue weighted by Crippen LogP contribution is -2.49. The quantitative estimate of drug-likeness (QED) is 0.902. The van der Waals surface area contributed by atoms with Crippen LogP contribution in [0, 0.1) is 0 Å². The zero-order valence-electron chi connectivity index (χ0n) is 11.2. The fourth-order valence-corrected chi connectivity index (χ4v) is 6.51. The van der Waals surface area contributed by atoms with Crippen molar-refractivity contribution in [2.75, 3.05) is 18.6 Å². The van der Waals surface area contributed by atoms with Crippen molar-refractivity contribution >= 4 is 21.2 Å². The number of nitrogens with zero attached hydrogens (tertiary/aromatic N) is 1. The molecule has 1 aromatic rings. The first kappa shape index (κ1) is 13.5. The Labute approximate surface area is 118 Å². The van der Waals surface area contributed by atoms with Gasteiger partial charge in [-0.1, -0.05) is 0 Å². The summed E-state index contributed by atoms with van der Waals surface area (Å²) in [4.78, 5) is 6.15. The molecule has 1 aliphatic heterocycles. The maximum absolute atomic E-state index is 12.0. The average Bonchev–Trinajstić information content (AvgIpc) is 2.81. The fourth-order valence-electron chi connectivity index (χ4n) is 3.14. The van der Waals surface area contributed by atoms with Crippen molar-refractivity contribution in [2.24, 2.45) is 0 Å². The molecule has 0 spiro atoms. The van der Waals surface area contributed by atoms with E-state index in [2.05, 4.69) is 5.32 Å². The molecule has 0 saturated carbocycles. The third kappa shape index (κ3) is 2.45. The van der Waals surface area contributed by atoms with Gasteiger partial charge in [0.2, 0.25) is 0 Å². The summed E-state index contributed by atoms with van der Waals surface area (Å²) in [5, 5.41) is 4.26. The Morgan fingerprint density at radius 3 is 2.74 bits per heavy atom. The summed E-state index contributed by atoms with van der Waals surface area (Å²) >= 11 is 1.73. The van der Waals surface area contributed by atoms with Gasteiger partial charge >= 0.3 is 0 Å². The number of nitrogens with one attached hydrogen (secondary N) is 1. The molecule has 19 heavy (non-hydrogen) atoms. The lowest BCUT2D eigenvalue weighted by atomic mass is 9.96. The normalized spacial score (nSPS) is 29.9. The molecule has 1 N–H and O–H groups in total. The van der Waals surface area contributed by atoms with Gasteiger partial charge in [0.05, 0.1) is 22.7 Å². The molecule has 3 rings (SSSR count). The maximum Gasteiger partial charge on any atom is 0.152 e. The molecule has 1 aromatic heterocycles. The minimum Gasteiger partial charge on any atom is -0.308 e. The molecule has 1 unspecified atom stereocenters. The van der Waals surface area contributed by atoms with E-state index in [0.717, 1.165) is 30.7 Å². The van der Waals surface area contributed by atoms with Gasteiger partial charge in [0.25, 0.3) is 0 Å². The van der Waals surface area contributed by atoms with Crippen molar-refractivity contribution in [3.05, 3.63) is 15.6 Å². The predicted octanol–water partition coefficient (Wildman–Crippen LogP) is 1.65. The first-order valence-electron chi connectivity index (χ1n) is 6.93. The molecule has 2 aliphatic rings. The topological polar surface area (TPSA) is 59.1 Å². The van der Waals surface area contributed by atoms with Crippen LogP contribution in [0.15, 0.2) is 0 Å². The second-order valence-electron chi connectivity index (χ2n) is 5.62. The minimum absolute atomic E-state index is 0.197. The highest BCUT2D eigenvalue weighted by Crippen LogP contribution is 2.38. The van der Waals surface area contributed by atoms with Crippen LogP contribution in [-0.2, 0) is 28.2 Å². The van der Waals surface area contributed by atoms with E-state index in [-0.39, 0.29) is 5.75 Å². The standard InChI is InChI=1S/C13H20N2O2S2/c1-14-13(7-4-8-19(16,17)9-13)12-15-10-5-2-3-6-11(10)18-12/h14H,2-9H2,1H3. The summed E-state index contributed by atoms with van der Waals surface area (Å²) in [5.74, 6) is 0.518. The van der Waals surface area contributed by atoms with Gasteiger partial charge in [-0.25, -0.2) is 13.4 Å². The Balaban J connectivity index is 1.99. The molecule has 4 nitrogen and oxygen atoms in total. The highest BCUT2D eigenvalue weighted by atomic mass is 32.2. The third-order valence-corrected chi connectivity index (χ3v) is 7.46. The minimum atomic E-state index is -2.95. The zero-order chi connectivity index (χ0) is 13.5. The Morgan fingerprint density at radius 2 is 2.05 bits per heavy atom. The SMILES string of the molecule is CNC1(c2nc3c(s2)CCCC3)CCCS(=O)(=O)C1. The largest absolute Gasteiger partial charge is 0.308 e. The molecule has 0 bridgehead atoms. The summed E-state index contributed by atoms with van der Waals surface area (Å²) in [6.07, 6.45) is 6.21. The van der Waals surface area contributed by atoms with Gasteiger partial charge in [0.15, 0.2) is 9.84 Å². The molecule has 0 radical (unpaired) electrons. The summed E-state index contributed by atoms with van der Waals surface area (Å²) in [5.41, 5.74) is 0.767. The van der Waals surface area contributed by atoms with Crippen molar-refractivity contribution in [2.45, 2.75) is 44.1 Å². The van der Waals surface area contributed by atoms with E-state index in [1.807, 2.05) is 7.05 Å². The lowest BCUT2D eigenvalue weighted by molar-refractivity contribution is 0.351. The molecule has 106 valence electrons. The summed E-state index contributed by atoms with van der Waals surface area (Å²) in [6.45, 7) is 0. The first-order valence-corrected chi connectivity index (χ1v) is 9.57. The molecule has 6 heteroatoms. The van der Waals surface area contributed by atoms with E-state index in [4.69, 9.17) is 4.98 Å². The van der Waals surface area contributed by atoms with Crippen molar-refractivity contribution in [3.8, 4) is 0 Å². The van der Waals surface area contributed by atoms with E-state index < -0.39 is 15.4 Å². The van der Waals surface area contributed by atoms with Gasteiger partial charge in [0.1, 0.15) is 5.01 Å². The number of hydrogen-bond donors (Lipinski definition) is 1. The van der Waals surface area contributed by atoms with Crippen LogP contribution in [0.5, 0.6) is 0 Å². The van der Waals surface area contributed by atoms with Gasteiger partial charge in [0, 0.05) is 4.88 Å². The van der Waals surface area contributed by atoms with Crippen LogP contribution in [0.25, 0.3) is 0 Å². The van der Waals surface area contributed by atoms with E-state index >= 15 is 0 Å². The summed E-state index contributed by atoms with van der Waals surface area (Å²) in [7, 11) is -1.09. The molecule has 0 aromatic carbocycles. The second kappa shape index (κ2) is 4.82. The monoisotopic (exact) mass is 300 g/mol. The van der Waals surface area contributed by atoms with Crippen molar-refractivity contribution in [1.82, 2.24) is 10.3 Å². The molecule has 0 amide bonds. The summed E-state index contributed by atoms with van der Waals surface area (Å²) in [6, 6.07) is 0. The van der Waals surface area contributed by atoms with Crippen molar-refractivity contribution in [3.63, 3.8) is 0 Å². The van der Waals surface area contributed by atoms with E-state index in [9.17, 15) is 8.42 Å². The molecule has 1 fully saturated rings. The Bertz CT molecular complexity index is 556. The number of fused-ring (bicyclic) bond motifs is 1. The molecular weight excluding hydrogens is 280 g/mol. The van der Waals surface area contributed by atoms with Crippen LogP contribution in [-0.4, -0.2) is 32.0 Å². The zero-order valence-corrected chi connectivity index (χ0v) is 12.9. The fraction of sp³-hybridized carbons (Fsp3) is 0.769. The number of aryl methyl sites for hydroxylation is 2. The Hall–Kier alpha value is -0.460. The molecular formula is C13H20N2O2S2. The second-order valence-corrected chi connectivity index (χ2v) is 8.89.